The number of hydrogen-bond acceptors (Lipinski definition) is 4. The summed E-state index contributed by atoms with van der Waals surface area (Å²) in [6.07, 6.45) is 0. The van der Waals surface area contributed by atoms with Crippen molar-refractivity contribution < 1.29 is 9.47 Å². The van der Waals surface area contributed by atoms with Crippen molar-refractivity contribution in [2.75, 3.05) is 28.0 Å². The van der Waals surface area contributed by atoms with E-state index in [-0.39, 0.29) is 6.79 Å². The molecular weight excluding hydrogens is 276 g/mol. The highest BCUT2D eigenvalue weighted by molar-refractivity contribution is 5.74. The predicted octanol–water partition coefficient (Wildman–Crippen LogP) is 3.27. The Morgan fingerprint density at radius 3 is 2.41 bits per heavy atom. The maximum atomic E-state index is 9.39. The predicted molar refractivity (Wildman–Crippen MR) is 86.5 cm³/mol. The molecule has 2 aromatic carbocycles. The Kier molecular flexibility index (Phi) is 5.54. The van der Waals surface area contributed by atoms with Gasteiger partial charge in [0.1, 0.15) is 5.75 Å². The lowest BCUT2D eigenvalue weighted by molar-refractivity contribution is 0.0504. The second-order valence-electron chi connectivity index (χ2n) is 5.23. The van der Waals surface area contributed by atoms with Crippen molar-refractivity contribution in [2.24, 2.45) is 0 Å². The van der Waals surface area contributed by atoms with Crippen LogP contribution in [0.1, 0.15) is 11.1 Å². The van der Waals surface area contributed by atoms with Gasteiger partial charge < -0.3 is 14.4 Å². The number of methoxy groups -OCH3 is 1. The Balaban J connectivity index is 2.60. The van der Waals surface area contributed by atoms with Gasteiger partial charge in [-0.1, -0.05) is 30.3 Å². The maximum absolute atomic E-state index is 9.39. The number of ether oxygens (including phenoxy) is 2. The second kappa shape index (κ2) is 7.60. The van der Waals surface area contributed by atoms with Crippen molar-refractivity contribution in [2.45, 2.75) is 6.54 Å². The molecule has 0 aliphatic carbocycles. The molecule has 0 radical (unpaired) electrons. The minimum Gasteiger partial charge on any atom is -0.467 e. The van der Waals surface area contributed by atoms with Crippen LogP contribution in [0, 0.1) is 11.3 Å². The molecule has 0 N–H and O–H groups in total. The smallest absolute Gasteiger partial charge is 0.188 e. The summed E-state index contributed by atoms with van der Waals surface area (Å²) in [4.78, 5) is 2.02. The third-order valence-corrected chi connectivity index (χ3v) is 3.26. The minimum absolute atomic E-state index is 0.148. The highest BCUT2D eigenvalue weighted by atomic mass is 16.7. The quantitative estimate of drug-likeness (QED) is 0.768. The molecular formula is C18H20N2O2. The van der Waals surface area contributed by atoms with Gasteiger partial charge in [-0.05, 0) is 31.8 Å². The molecule has 4 heteroatoms. The van der Waals surface area contributed by atoms with Crippen LogP contribution in [-0.4, -0.2) is 32.9 Å². The van der Waals surface area contributed by atoms with Crippen molar-refractivity contribution in [1.29, 1.82) is 5.26 Å². The molecule has 0 atom stereocenters. The molecule has 0 heterocycles. The molecule has 0 spiro atoms. The first kappa shape index (κ1) is 16.0. The molecule has 0 aliphatic rings. The third-order valence-electron chi connectivity index (χ3n) is 3.26. The van der Waals surface area contributed by atoms with E-state index in [0.29, 0.717) is 17.9 Å². The summed E-state index contributed by atoms with van der Waals surface area (Å²) in [6.45, 7) is 0.776. The monoisotopic (exact) mass is 296 g/mol. The first-order valence-corrected chi connectivity index (χ1v) is 7.05. The normalized spacial score (nSPS) is 10.5. The molecule has 0 saturated heterocycles. The van der Waals surface area contributed by atoms with Gasteiger partial charge in [0.05, 0.1) is 11.6 Å². The molecule has 0 aromatic heterocycles. The Morgan fingerprint density at radius 2 is 1.82 bits per heavy atom. The summed E-state index contributed by atoms with van der Waals surface area (Å²) in [6, 6.07) is 16.0. The van der Waals surface area contributed by atoms with Crippen LogP contribution in [0.15, 0.2) is 42.5 Å². The second-order valence-corrected chi connectivity index (χ2v) is 5.23. The lowest BCUT2D eigenvalue weighted by atomic mass is 9.97. The highest BCUT2D eigenvalue weighted by Gasteiger charge is 2.16. The molecule has 4 nitrogen and oxygen atoms in total. The molecule has 2 aromatic rings. The van der Waals surface area contributed by atoms with E-state index in [9.17, 15) is 5.26 Å². The fraction of sp³-hybridized carbons (Fsp3) is 0.278. The largest absolute Gasteiger partial charge is 0.467 e. The van der Waals surface area contributed by atoms with Gasteiger partial charge in [-0.3, -0.25) is 0 Å². The number of rotatable bonds is 6. The van der Waals surface area contributed by atoms with Crippen molar-refractivity contribution in [1.82, 2.24) is 4.90 Å². The summed E-state index contributed by atoms with van der Waals surface area (Å²) in [5, 5.41) is 9.39. The fourth-order valence-electron chi connectivity index (χ4n) is 2.33. The number of nitrogens with zero attached hydrogens (tertiary/aromatic N) is 2. The average molecular weight is 296 g/mol. The lowest BCUT2D eigenvalue weighted by Gasteiger charge is -2.19. The molecule has 0 aliphatic heterocycles. The maximum Gasteiger partial charge on any atom is 0.188 e. The molecule has 0 unspecified atom stereocenters. The summed E-state index contributed by atoms with van der Waals surface area (Å²) in [5.74, 6) is 0.709. The van der Waals surface area contributed by atoms with Crippen LogP contribution in [0.3, 0.4) is 0 Å². The molecule has 0 bridgehead atoms. The van der Waals surface area contributed by atoms with E-state index in [1.807, 2.05) is 61.5 Å². The van der Waals surface area contributed by atoms with E-state index in [2.05, 4.69) is 6.07 Å². The van der Waals surface area contributed by atoms with E-state index >= 15 is 0 Å². The van der Waals surface area contributed by atoms with Gasteiger partial charge in [0, 0.05) is 24.8 Å². The van der Waals surface area contributed by atoms with Crippen molar-refractivity contribution in [3.8, 4) is 22.9 Å². The van der Waals surface area contributed by atoms with E-state index in [4.69, 9.17) is 9.47 Å². The minimum atomic E-state index is 0.148. The van der Waals surface area contributed by atoms with Gasteiger partial charge in [0.15, 0.2) is 6.79 Å². The number of hydrogen-bond donors (Lipinski definition) is 0. The van der Waals surface area contributed by atoms with Crippen LogP contribution in [0.4, 0.5) is 0 Å². The van der Waals surface area contributed by atoms with Crippen LogP contribution >= 0.6 is 0 Å². The zero-order chi connectivity index (χ0) is 15.9. The van der Waals surface area contributed by atoms with Crippen molar-refractivity contribution >= 4 is 0 Å². The summed E-state index contributed by atoms with van der Waals surface area (Å²) in [7, 11) is 5.52. The van der Waals surface area contributed by atoms with Crippen molar-refractivity contribution in [3.63, 3.8) is 0 Å². The first-order valence-electron chi connectivity index (χ1n) is 7.05. The van der Waals surface area contributed by atoms with Gasteiger partial charge in [-0.2, -0.15) is 5.26 Å². The Bertz CT molecular complexity index is 661. The Morgan fingerprint density at radius 1 is 1.09 bits per heavy atom. The zero-order valence-electron chi connectivity index (χ0n) is 13.2. The average Bonchev–Trinajstić information content (AvgIpc) is 2.53. The van der Waals surface area contributed by atoms with Crippen LogP contribution in [0.2, 0.25) is 0 Å². The van der Waals surface area contributed by atoms with Crippen molar-refractivity contribution in [3.05, 3.63) is 53.6 Å². The van der Waals surface area contributed by atoms with Crippen LogP contribution in [0.5, 0.6) is 5.75 Å². The standard InChI is InChI=1S/C18H20N2O2/c1-20(2)12-17-15(11-19)9-10-16(18(17)22-13-21-3)14-7-5-4-6-8-14/h4-10H,12-13H2,1-3H3. The van der Waals surface area contributed by atoms with Gasteiger partial charge in [0.2, 0.25) is 0 Å². The molecule has 114 valence electrons. The summed E-state index contributed by atoms with van der Waals surface area (Å²) in [5.41, 5.74) is 3.52. The molecule has 0 fully saturated rings. The van der Waals surface area contributed by atoms with Crippen LogP contribution < -0.4 is 4.74 Å². The van der Waals surface area contributed by atoms with E-state index in [1.54, 1.807) is 7.11 Å². The number of nitriles is 1. The highest BCUT2D eigenvalue weighted by Crippen LogP contribution is 2.35. The van der Waals surface area contributed by atoms with Gasteiger partial charge in [-0.15, -0.1) is 0 Å². The summed E-state index contributed by atoms with van der Waals surface area (Å²) < 4.78 is 10.9. The molecule has 2 rings (SSSR count). The third kappa shape index (κ3) is 3.64. The van der Waals surface area contributed by atoms with E-state index in [1.165, 1.54) is 0 Å². The summed E-state index contributed by atoms with van der Waals surface area (Å²) >= 11 is 0. The zero-order valence-corrected chi connectivity index (χ0v) is 13.2. The van der Waals surface area contributed by atoms with E-state index in [0.717, 1.165) is 16.7 Å². The number of benzene rings is 2. The van der Waals surface area contributed by atoms with Crippen LogP contribution in [0.25, 0.3) is 11.1 Å². The lowest BCUT2D eigenvalue weighted by Crippen LogP contribution is -2.14. The van der Waals surface area contributed by atoms with E-state index < -0.39 is 0 Å². The van der Waals surface area contributed by atoms with Crippen LogP contribution in [-0.2, 0) is 11.3 Å². The van der Waals surface area contributed by atoms with Gasteiger partial charge >= 0.3 is 0 Å². The van der Waals surface area contributed by atoms with Gasteiger partial charge in [-0.25, -0.2) is 0 Å². The topological polar surface area (TPSA) is 45.5 Å². The molecule has 22 heavy (non-hydrogen) atoms. The Labute approximate surface area is 131 Å². The molecule has 0 saturated carbocycles. The fourth-order valence-corrected chi connectivity index (χ4v) is 2.33. The Hall–Kier alpha value is -2.35. The first-order chi connectivity index (χ1) is 10.7. The SMILES string of the molecule is COCOc1c(-c2ccccc2)ccc(C#N)c1CN(C)C. The van der Waals surface area contributed by atoms with Gasteiger partial charge in [0.25, 0.3) is 0 Å². The molecule has 0 amide bonds.